The van der Waals surface area contributed by atoms with E-state index in [0.717, 1.165) is 25.2 Å². The maximum Gasteiger partial charge on any atom is 0.229 e. The number of nitrogens with one attached hydrogen (secondary N) is 2. The monoisotopic (exact) mass is 329 g/mol. The molecule has 0 atom stereocenters. The molecule has 3 aromatic rings. The van der Waals surface area contributed by atoms with Gasteiger partial charge in [-0.25, -0.2) is 4.98 Å². The van der Waals surface area contributed by atoms with E-state index >= 15 is 0 Å². The molecule has 5 heteroatoms. The number of hydrogen-bond acceptors (Lipinski definition) is 5. The number of rotatable bonds is 7. The summed E-state index contributed by atoms with van der Waals surface area (Å²) in [6.07, 6.45) is 3.75. The third-order valence-corrected chi connectivity index (χ3v) is 3.74. The number of para-hydroxylation sites is 1. The fourth-order valence-electron chi connectivity index (χ4n) is 2.48. The van der Waals surface area contributed by atoms with Crippen LogP contribution in [-0.2, 0) is 6.42 Å². The first-order valence-electron chi connectivity index (χ1n) is 8.22. The van der Waals surface area contributed by atoms with Gasteiger partial charge in [-0.3, -0.25) is 0 Å². The van der Waals surface area contributed by atoms with Crippen molar-refractivity contribution < 1.29 is 0 Å². The molecule has 2 aromatic carbocycles. The summed E-state index contributed by atoms with van der Waals surface area (Å²) >= 11 is 0. The molecule has 124 valence electrons. The fourth-order valence-corrected chi connectivity index (χ4v) is 2.48. The van der Waals surface area contributed by atoms with Crippen molar-refractivity contribution in [3.8, 4) is 6.07 Å². The SMILES string of the molecule is N#Cc1ccccc1Nc1nccc(NCCCc2ccccc2)n1. The van der Waals surface area contributed by atoms with E-state index in [1.54, 1.807) is 12.3 Å². The molecule has 0 unspecified atom stereocenters. The van der Waals surface area contributed by atoms with Crippen LogP contribution in [0.4, 0.5) is 17.5 Å². The lowest BCUT2D eigenvalue weighted by Gasteiger charge is -2.09. The van der Waals surface area contributed by atoms with Crippen LogP contribution in [0.1, 0.15) is 17.5 Å². The van der Waals surface area contributed by atoms with E-state index in [4.69, 9.17) is 5.26 Å². The minimum absolute atomic E-state index is 0.468. The molecule has 1 heterocycles. The summed E-state index contributed by atoms with van der Waals surface area (Å²) in [5, 5.41) is 15.6. The van der Waals surface area contributed by atoms with Crippen molar-refractivity contribution >= 4 is 17.5 Å². The van der Waals surface area contributed by atoms with Gasteiger partial charge in [0.25, 0.3) is 0 Å². The van der Waals surface area contributed by atoms with E-state index in [1.165, 1.54) is 5.56 Å². The highest BCUT2D eigenvalue weighted by molar-refractivity contribution is 5.63. The number of aryl methyl sites for hydroxylation is 1. The van der Waals surface area contributed by atoms with Crippen molar-refractivity contribution in [2.45, 2.75) is 12.8 Å². The molecular weight excluding hydrogens is 310 g/mol. The molecule has 0 bridgehead atoms. The Morgan fingerprint density at radius 2 is 1.76 bits per heavy atom. The summed E-state index contributed by atoms with van der Waals surface area (Å²) in [4.78, 5) is 8.66. The Balaban J connectivity index is 1.55. The normalized spacial score (nSPS) is 10.0. The molecule has 0 amide bonds. The summed E-state index contributed by atoms with van der Waals surface area (Å²) in [5.74, 6) is 1.23. The van der Waals surface area contributed by atoms with Crippen LogP contribution in [0.3, 0.4) is 0 Å². The van der Waals surface area contributed by atoms with E-state index in [-0.39, 0.29) is 0 Å². The van der Waals surface area contributed by atoms with Gasteiger partial charge in [-0.15, -0.1) is 0 Å². The molecule has 0 aliphatic carbocycles. The Labute approximate surface area is 147 Å². The summed E-state index contributed by atoms with van der Waals surface area (Å²) in [6, 6.07) is 21.7. The van der Waals surface area contributed by atoms with Crippen LogP contribution in [0.25, 0.3) is 0 Å². The third kappa shape index (κ3) is 4.79. The zero-order valence-electron chi connectivity index (χ0n) is 13.8. The van der Waals surface area contributed by atoms with Crippen LogP contribution in [0.2, 0.25) is 0 Å². The highest BCUT2D eigenvalue weighted by Gasteiger charge is 2.04. The number of hydrogen-bond donors (Lipinski definition) is 2. The van der Waals surface area contributed by atoms with Crippen LogP contribution in [0.5, 0.6) is 0 Å². The van der Waals surface area contributed by atoms with Gasteiger partial charge in [0.05, 0.1) is 11.3 Å². The second kappa shape index (κ2) is 8.46. The van der Waals surface area contributed by atoms with Crippen molar-refractivity contribution in [1.82, 2.24) is 9.97 Å². The van der Waals surface area contributed by atoms with Gasteiger partial charge in [0.2, 0.25) is 5.95 Å². The van der Waals surface area contributed by atoms with Crippen molar-refractivity contribution in [3.63, 3.8) is 0 Å². The molecule has 0 spiro atoms. The lowest BCUT2D eigenvalue weighted by Crippen LogP contribution is -2.06. The van der Waals surface area contributed by atoms with E-state index in [9.17, 15) is 0 Å². The molecule has 5 nitrogen and oxygen atoms in total. The largest absolute Gasteiger partial charge is 0.370 e. The molecular formula is C20H19N5. The Morgan fingerprint density at radius 1 is 0.960 bits per heavy atom. The highest BCUT2D eigenvalue weighted by atomic mass is 15.1. The predicted octanol–water partition coefficient (Wildman–Crippen LogP) is 4.14. The topological polar surface area (TPSA) is 73.6 Å². The maximum absolute atomic E-state index is 9.15. The van der Waals surface area contributed by atoms with E-state index < -0.39 is 0 Å². The molecule has 25 heavy (non-hydrogen) atoms. The van der Waals surface area contributed by atoms with Gasteiger partial charge >= 0.3 is 0 Å². The molecule has 3 rings (SSSR count). The number of anilines is 3. The third-order valence-electron chi connectivity index (χ3n) is 3.74. The molecule has 0 saturated carbocycles. The van der Waals surface area contributed by atoms with Crippen molar-refractivity contribution in [3.05, 3.63) is 78.0 Å². The Bertz CT molecular complexity index is 855. The first kappa shape index (κ1) is 16.5. The zero-order chi connectivity index (χ0) is 17.3. The minimum Gasteiger partial charge on any atom is -0.370 e. The van der Waals surface area contributed by atoms with Crippen LogP contribution in [0.15, 0.2) is 66.9 Å². The molecule has 0 fully saturated rings. The van der Waals surface area contributed by atoms with Crippen molar-refractivity contribution in [2.24, 2.45) is 0 Å². The molecule has 2 N–H and O–H groups in total. The molecule has 0 saturated heterocycles. The van der Waals surface area contributed by atoms with E-state index in [0.29, 0.717) is 17.2 Å². The molecule has 0 aliphatic rings. The average molecular weight is 329 g/mol. The van der Waals surface area contributed by atoms with Gasteiger partial charge in [0, 0.05) is 12.7 Å². The van der Waals surface area contributed by atoms with Gasteiger partial charge in [-0.1, -0.05) is 42.5 Å². The van der Waals surface area contributed by atoms with Crippen LogP contribution in [-0.4, -0.2) is 16.5 Å². The zero-order valence-corrected chi connectivity index (χ0v) is 13.8. The first-order chi connectivity index (χ1) is 12.3. The van der Waals surface area contributed by atoms with Gasteiger partial charge < -0.3 is 10.6 Å². The van der Waals surface area contributed by atoms with Crippen molar-refractivity contribution in [2.75, 3.05) is 17.2 Å². The Hall–Kier alpha value is -3.39. The Morgan fingerprint density at radius 3 is 2.60 bits per heavy atom. The van der Waals surface area contributed by atoms with Crippen molar-refractivity contribution in [1.29, 1.82) is 5.26 Å². The second-order valence-electron chi connectivity index (χ2n) is 5.56. The van der Waals surface area contributed by atoms with Crippen LogP contribution in [0, 0.1) is 11.3 Å². The standard InChI is InChI=1S/C20H19N5/c21-15-17-10-4-5-11-18(17)24-20-23-14-12-19(25-20)22-13-6-9-16-7-2-1-3-8-16/h1-5,7-8,10-12,14H,6,9,13H2,(H2,22,23,24,25). The van der Waals surface area contributed by atoms with Gasteiger partial charge in [0.1, 0.15) is 11.9 Å². The summed E-state index contributed by atoms with van der Waals surface area (Å²) in [6.45, 7) is 0.833. The van der Waals surface area contributed by atoms with Gasteiger partial charge in [-0.05, 0) is 36.6 Å². The Kier molecular flexibility index (Phi) is 5.57. The lowest BCUT2D eigenvalue weighted by molar-refractivity contribution is 0.858. The highest BCUT2D eigenvalue weighted by Crippen LogP contribution is 2.18. The minimum atomic E-state index is 0.468. The molecule has 0 radical (unpaired) electrons. The number of nitriles is 1. The predicted molar refractivity (Wildman–Crippen MR) is 99.7 cm³/mol. The first-order valence-corrected chi connectivity index (χ1v) is 8.22. The van der Waals surface area contributed by atoms with Crippen LogP contribution < -0.4 is 10.6 Å². The van der Waals surface area contributed by atoms with E-state index in [1.807, 2.05) is 30.3 Å². The average Bonchev–Trinajstić information content (AvgIpc) is 2.67. The maximum atomic E-state index is 9.15. The number of nitrogens with zero attached hydrogens (tertiary/aromatic N) is 3. The van der Waals surface area contributed by atoms with Gasteiger partial charge in [0.15, 0.2) is 0 Å². The summed E-state index contributed by atoms with van der Waals surface area (Å²) < 4.78 is 0. The second-order valence-corrected chi connectivity index (χ2v) is 5.56. The molecule has 0 aliphatic heterocycles. The fraction of sp³-hybridized carbons (Fsp3) is 0.150. The van der Waals surface area contributed by atoms with Gasteiger partial charge in [-0.2, -0.15) is 10.2 Å². The summed E-state index contributed by atoms with van der Waals surface area (Å²) in [7, 11) is 0. The van der Waals surface area contributed by atoms with Crippen LogP contribution >= 0.6 is 0 Å². The van der Waals surface area contributed by atoms with E-state index in [2.05, 4.69) is 50.9 Å². The molecule has 1 aromatic heterocycles. The number of benzene rings is 2. The summed E-state index contributed by atoms with van der Waals surface area (Å²) in [5.41, 5.74) is 2.60. The smallest absolute Gasteiger partial charge is 0.229 e. The lowest BCUT2D eigenvalue weighted by atomic mass is 10.1. The quantitative estimate of drug-likeness (QED) is 0.637. The number of aromatic nitrogens is 2.